The fraction of sp³-hybridized carbons (Fsp3) is 0.226. The molecule has 6 N–H and O–H groups in total. The van der Waals surface area contributed by atoms with E-state index in [-0.39, 0.29) is 67.7 Å². The van der Waals surface area contributed by atoms with Crippen LogP contribution in [0.3, 0.4) is 0 Å². The standard InChI is InChI=1S/C17H15N3.C5H5Br2N3.C5H7N3.C2H6.2CH4.BHNS.K.H/c1-12-15(13-8-4-2-5-9-13)20-16(17(18)19-12)14-10-6-3-7-11-14;1-2-3(6)10-4(7)5(8)9-2;1-4-2-7-3-5(6)8-4;1-2;;;1-2-3;;/h2-11H,1H3,(H2,18,19);1H3,(H2,8,9);2-3H,1H3,(H2,6,8);1-2H3;2*1H4;3H;;/q;;;;;;;+1;-1/i;;;1D;;;;;. The van der Waals surface area contributed by atoms with Gasteiger partial charge in [0.2, 0.25) is 0 Å². The molecule has 46 heavy (non-hydrogen) atoms. The minimum Gasteiger partial charge on any atom is -1.00 e. The average Bonchev–Trinajstić information content (AvgIpc) is 2.99. The number of aryl methyl sites for hydroxylation is 3. The summed E-state index contributed by atoms with van der Waals surface area (Å²) in [5, 5.41) is 0. The van der Waals surface area contributed by atoms with Crippen LogP contribution in [-0.2, 0) is 0 Å². The average molecular weight is 799 g/mol. The zero-order valence-corrected chi connectivity index (χ0v) is 32.5. The Kier molecular flexibility index (Phi) is 26.9. The van der Waals surface area contributed by atoms with Crippen molar-refractivity contribution in [1.82, 2.24) is 29.9 Å². The Morgan fingerprint density at radius 3 is 1.61 bits per heavy atom. The molecule has 0 fully saturated rings. The Morgan fingerprint density at radius 2 is 1.20 bits per heavy atom. The Morgan fingerprint density at radius 1 is 0.739 bits per heavy atom. The van der Waals surface area contributed by atoms with Gasteiger partial charge in [-0.1, -0.05) is 89.3 Å². The minimum absolute atomic E-state index is 0. The van der Waals surface area contributed by atoms with Crippen molar-refractivity contribution in [3.05, 3.63) is 99.3 Å². The van der Waals surface area contributed by atoms with Gasteiger partial charge in [0.15, 0.2) is 5.82 Å². The third kappa shape index (κ3) is 17.2. The zero-order valence-electron chi connectivity index (χ0n) is 27.3. The van der Waals surface area contributed by atoms with Gasteiger partial charge in [-0.05, 0) is 52.6 Å². The molecule has 3 aromatic heterocycles. The van der Waals surface area contributed by atoms with Crippen molar-refractivity contribution in [3.8, 4) is 22.5 Å². The second-order valence-corrected chi connectivity index (χ2v) is 9.83. The molecule has 1 radical (unpaired) electrons. The maximum absolute atomic E-state index is 6.21. The van der Waals surface area contributed by atoms with Crippen LogP contribution in [0, 0.1) is 20.8 Å². The van der Waals surface area contributed by atoms with E-state index >= 15 is 0 Å². The first kappa shape index (κ1) is 46.0. The van der Waals surface area contributed by atoms with Gasteiger partial charge in [0.25, 0.3) is 0 Å². The Bertz CT molecular complexity index is 1470. The number of halogens is 2. The van der Waals surface area contributed by atoms with Gasteiger partial charge < -0.3 is 18.6 Å². The summed E-state index contributed by atoms with van der Waals surface area (Å²) >= 11 is 9.56. The van der Waals surface area contributed by atoms with Gasteiger partial charge in [0.05, 0.1) is 29.0 Å². The van der Waals surface area contributed by atoms with E-state index in [2.05, 4.69) is 81.5 Å². The van der Waals surface area contributed by atoms with E-state index in [1.165, 1.54) is 6.20 Å². The summed E-state index contributed by atoms with van der Waals surface area (Å²) in [5.41, 5.74) is 22.9. The molecule has 0 saturated carbocycles. The van der Waals surface area contributed by atoms with Crippen molar-refractivity contribution in [2.45, 2.75) is 49.4 Å². The summed E-state index contributed by atoms with van der Waals surface area (Å²) in [4.78, 5) is 24.9. The number of rotatable bonds is 2. The van der Waals surface area contributed by atoms with Gasteiger partial charge >= 0.3 is 76.1 Å². The van der Waals surface area contributed by atoms with E-state index < -0.39 is 0 Å². The predicted molar refractivity (Wildman–Crippen MR) is 203 cm³/mol. The molecule has 15 heteroatoms. The minimum atomic E-state index is 0. The van der Waals surface area contributed by atoms with Crippen LogP contribution in [0.15, 0.2) is 86.6 Å². The molecule has 0 aliphatic carbocycles. The molecular formula is C31H43BBr2KN10S. The molecule has 0 spiro atoms. The summed E-state index contributed by atoms with van der Waals surface area (Å²) in [7, 11) is 4.34. The maximum Gasteiger partial charge on any atom is 1.00 e. The number of hydrogen-bond acceptors (Lipinski definition) is 11. The summed E-state index contributed by atoms with van der Waals surface area (Å²) in [6, 6.07) is 19.9. The van der Waals surface area contributed by atoms with Crippen LogP contribution in [0.25, 0.3) is 22.5 Å². The number of aromatic nitrogens is 6. The first-order chi connectivity index (χ1) is 21.0. The van der Waals surface area contributed by atoms with Crippen molar-refractivity contribution in [2.24, 2.45) is 4.30 Å². The summed E-state index contributed by atoms with van der Waals surface area (Å²) < 4.78 is 10.2. The normalized spacial score (nSPS) is 8.96. The van der Waals surface area contributed by atoms with Crippen LogP contribution in [0.5, 0.6) is 0 Å². The molecule has 0 aliphatic heterocycles. The van der Waals surface area contributed by atoms with Gasteiger partial charge in [0.1, 0.15) is 26.5 Å². The van der Waals surface area contributed by atoms with Crippen LogP contribution >= 0.6 is 44.7 Å². The molecule has 2 aromatic carbocycles. The van der Waals surface area contributed by atoms with Crippen LogP contribution < -0.4 is 68.6 Å². The van der Waals surface area contributed by atoms with Crippen molar-refractivity contribution in [1.29, 1.82) is 0 Å². The van der Waals surface area contributed by atoms with E-state index in [0.29, 0.717) is 33.6 Å². The molecule has 5 rings (SSSR count). The maximum atomic E-state index is 6.21. The number of benzene rings is 2. The quantitative estimate of drug-likeness (QED) is 0.132. The van der Waals surface area contributed by atoms with E-state index in [1.54, 1.807) is 13.1 Å². The number of nitrogen functional groups attached to an aromatic ring is 3. The summed E-state index contributed by atoms with van der Waals surface area (Å²) in [6.07, 6.45) is 3.18. The van der Waals surface area contributed by atoms with E-state index in [0.717, 1.165) is 39.6 Å². The van der Waals surface area contributed by atoms with Crippen LogP contribution in [0.1, 0.15) is 48.6 Å². The van der Waals surface area contributed by atoms with Gasteiger partial charge in [-0.25, -0.2) is 24.9 Å². The third-order valence-electron chi connectivity index (χ3n) is 4.96. The second-order valence-electron chi connectivity index (χ2n) is 8.10. The Labute approximate surface area is 342 Å². The van der Waals surface area contributed by atoms with Crippen LogP contribution in [0.4, 0.5) is 17.5 Å². The fourth-order valence-corrected chi connectivity index (χ4v) is 3.96. The molecule has 0 unspecified atom stereocenters. The topological polar surface area (TPSA) is 168 Å². The molecular weight excluding hydrogens is 754 g/mol. The molecule has 0 bridgehead atoms. The van der Waals surface area contributed by atoms with Gasteiger partial charge in [0, 0.05) is 18.7 Å². The molecule has 0 aliphatic rings. The van der Waals surface area contributed by atoms with Gasteiger partial charge in [-0.2, -0.15) is 0 Å². The zero-order chi connectivity index (χ0) is 33.1. The number of anilines is 3. The third-order valence-corrected chi connectivity index (χ3v) is 6.29. The molecule has 0 atom stereocenters. The first-order valence-corrected chi connectivity index (χ1v) is 14.5. The summed E-state index contributed by atoms with van der Waals surface area (Å²) in [6.45, 7) is 7.91. The number of thiol groups is 1. The predicted octanol–water partition coefficient (Wildman–Crippen LogP) is 5.56. The number of nitrogens with zero attached hydrogens (tertiary/aromatic N) is 7. The van der Waals surface area contributed by atoms with Gasteiger partial charge in [-0.3, -0.25) is 4.98 Å². The molecule has 0 saturated heterocycles. The van der Waals surface area contributed by atoms with E-state index in [9.17, 15) is 0 Å². The Hall–Kier alpha value is -2.11. The molecule has 241 valence electrons. The van der Waals surface area contributed by atoms with Crippen molar-refractivity contribution >= 4 is 69.8 Å². The first-order valence-electron chi connectivity index (χ1n) is 13.3. The van der Waals surface area contributed by atoms with Crippen LogP contribution in [-0.4, -0.2) is 37.5 Å². The van der Waals surface area contributed by atoms with E-state index in [4.69, 9.17) is 23.6 Å². The van der Waals surface area contributed by atoms with Crippen molar-refractivity contribution < 1.29 is 54.2 Å². The number of hydrogen-bond donors (Lipinski definition) is 4. The summed E-state index contributed by atoms with van der Waals surface area (Å²) in [5.74, 6) is 1.36. The van der Waals surface area contributed by atoms with Gasteiger partial charge in [-0.15, -0.1) is 0 Å². The van der Waals surface area contributed by atoms with E-state index in [1.807, 2.05) is 81.4 Å². The monoisotopic (exact) mass is 796 g/mol. The van der Waals surface area contributed by atoms with Crippen molar-refractivity contribution in [3.63, 3.8) is 0 Å². The molecule has 0 amide bonds. The smallest absolute Gasteiger partial charge is 1.00 e. The molecule has 10 nitrogen and oxygen atoms in total. The Balaban J connectivity index is -0.000000294. The molecule has 3 heterocycles. The largest absolute Gasteiger partial charge is 1.00 e. The SMILES string of the molecule is C.C.Cc1cncc(N)n1.Cc1nc(N)c(-c2ccccc2)nc1-c1ccccc1.Cc1nc(N)c(Br)nc1Br.[2H]CC.[B]=NS.[H-].[K+]. The molecule has 5 aromatic rings. The second kappa shape index (κ2) is 26.9. The van der Waals surface area contributed by atoms with Crippen LogP contribution in [0.2, 0.25) is 0 Å². The fourth-order valence-electron chi connectivity index (χ4n) is 3.19. The van der Waals surface area contributed by atoms with Crippen molar-refractivity contribution in [2.75, 3.05) is 17.2 Å². The number of nitrogens with two attached hydrogens (primary N) is 3.